The lowest BCUT2D eigenvalue weighted by molar-refractivity contribution is 0.0601. The molecule has 100 valence electrons. The van der Waals surface area contributed by atoms with Crippen LogP contribution in [0.3, 0.4) is 0 Å². The topological polar surface area (TPSA) is 69.0 Å². The van der Waals surface area contributed by atoms with Crippen LogP contribution in [-0.2, 0) is 4.74 Å². The first-order valence-corrected chi connectivity index (χ1v) is 6.43. The lowest BCUT2D eigenvalue weighted by Crippen LogP contribution is -2.29. The van der Waals surface area contributed by atoms with Gasteiger partial charge in [0.2, 0.25) is 0 Å². The number of esters is 1. The average molecular weight is 260 g/mol. The van der Waals surface area contributed by atoms with Crippen molar-refractivity contribution in [1.82, 2.24) is 20.3 Å². The fourth-order valence-electron chi connectivity index (χ4n) is 2.50. The summed E-state index contributed by atoms with van der Waals surface area (Å²) in [5.74, 6) is -0.333. The number of nitrogens with one attached hydrogen (secondary N) is 1. The predicted octanol–water partition coefficient (Wildman–Crippen LogP) is 1.14. The minimum absolute atomic E-state index is 0.333. The van der Waals surface area contributed by atoms with Gasteiger partial charge < -0.3 is 10.1 Å². The van der Waals surface area contributed by atoms with E-state index in [4.69, 9.17) is 4.74 Å². The number of aromatic nitrogens is 3. The summed E-state index contributed by atoms with van der Waals surface area (Å²) in [6.45, 7) is 1.98. The lowest BCUT2D eigenvalue weighted by Gasteiger charge is -2.22. The molecule has 0 atom stereocenters. The van der Waals surface area contributed by atoms with Crippen LogP contribution in [-0.4, -0.2) is 41.2 Å². The number of benzene rings is 1. The quantitative estimate of drug-likeness (QED) is 0.820. The summed E-state index contributed by atoms with van der Waals surface area (Å²) in [6, 6.07) is 5.68. The van der Waals surface area contributed by atoms with Crippen LogP contribution in [0.5, 0.6) is 0 Å². The SMILES string of the molecule is COC(=O)c1ccc2nnn(C3CCNCC3)c2c1. The normalized spacial score (nSPS) is 16.7. The first-order valence-electron chi connectivity index (χ1n) is 6.43. The second-order valence-electron chi connectivity index (χ2n) is 4.71. The molecule has 0 bridgehead atoms. The first kappa shape index (κ1) is 12.1. The number of hydrogen-bond acceptors (Lipinski definition) is 5. The Morgan fingerprint density at radius 3 is 2.95 bits per heavy atom. The highest BCUT2D eigenvalue weighted by atomic mass is 16.5. The van der Waals surface area contributed by atoms with Gasteiger partial charge in [-0.25, -0.2) is 9.48 Å². The van der Waals surface area contributed by atoms with Gasteiger partial charge in [-0.05, 0) is 44.1 Å². The van der Waals surface area contributed by atoms with E-state index < -0.39 is 0 Å². The Bertz CT molecular complexity index is 602. The van der Waals surface area contributed by atoms with Crippen molar-refractivity contribution in [2.24, 2.45) is 0 Å². The Kier molecular flexibility index (Phi) is 3.16. The van der Waals surface area contributed by atoms with E-state index in [0.717, 1.165) is 37.0 Å². The fourth-order valence-corrected chi connectivity index (χ4v) is 2.50. The van der Waals surface area contributed by atoms with Crippen molar-refractivity contribution in [1.29, 1.82) is 0 Å². The number of nitrogens with zero attached hydrogens (tertiary/aromatic N) is 3. The van der Waals surface area contributed by atoms with E-state index in [-0.39, 0.29) is 5.97 Å². The highest BCUT2D eigenvalue weighted by molar-refractivity contribution is 5.93. The maximum Gasteiger partial charge on any atom is 0.337 e. The number of rotatable bonds is 2. The van der Waals surface area contributed by atoms with Crippen LogP contribution < -0.4 is 5.32 Å². The Morgan fingerprint density at radius 2 is 2.21 bits per heavy atom. The van der Waals surface area contributed by atoms with Crippen molar-refractivity contribution in [2.45, 2.75) is 18.9 Å². The van der Waals surface area contributed by atoms with Gasteiger partial charge in [0.05, 0.1) is 24.2 Å². The molecule has 1 N–H and O–H groups in total. The first-order chi connectivity index (χ1) is 9.29. The van der Waals surface area contributed by atoms with Crippen molar-refractivity contribution >= 4 is 17.0 Å². The van der Waals surface area contributed by atoms with Gasteiger partial charge in [0, 0.05) is 0 Å². The second kappa shape index (κ2) is 4.97. The molecule has 1 saturated heterocycles. The molecule has 6 heteroatoms. The Hall–Kier alpha value is -1.95. The van der Waals surface area contributed by atoms with E-state index in [1.54, 1.807) is 6.07 Å². The molecular weight excluding hydrogens is 244 g/mol. The number of fused-ring (bicyclic) bond motifs is 1. The van der Waals surface area contributed by atoms with Crippen molar-refractivity contribution < 1.29 is 9.53 Å². The molecule has 0 saturated carbocycles. The van der Waals surface area contributed by atoms with Gasteiger partial charge >= 0.3 is 5.97 Å². The van der Waals surface area contributed by atoms with Crippen LogP contribution in [0, 0.1) is 0 Å². The largest absolute Gasteiger partial charge is 0.465 e. The molecule has 1 fully saturated rings. The van der Waals surface area contributed by atoms with Crippen LogP contribution in [0.15, 0.2) is 18.2 Å². The van der Waals surface area contributed by atoms with E-state index in [9.17, 15) is 4.79 Å². The van der Waals surface area contributed by atoms with E-state index in [1.807, 2.05) is 16.8 Å². The van der Waals surface area contributed by atoms with Crippen molar-refractivity contribution in [3.05, 3.63) is 23.8 Å². The van der Waals surface area contributed by atoms with Crippen LogP contribution in [0.25, 0.3) is 11.0 Å². The second-order valence-corrected chi connectivity index (χ2v) is 4.71. The molecule has 1 aromatic heterocycles. The van der Waals surface area contributed by atoms with E-state index >= 15 is 0 Å². The van der Waals surface area contributed by atoms with Crippen molar-refractivity contribution in [3.63, 3.8) is 0 Å². The molecule has 19 heavy (non-hydrogen) atoms. The molecule has 0 amide bonds. The maximum absolute atomic E-state index is 11.6. The fraction of sp³-hybridized carbons (Fsp3) is 0.462. The maximum atomic E-state index is 11.6. The summed E-state index contributed by atoms with van der Waals surface area (Å²) in [5, 5.41) is 11.7. The third-order valence-corrected chi connectivity index (χ3v) is 3.55. The van der Waals surface area contributed by atoms with Crippen LogP contribution in [0.1, 0.15) is 29.2 Å². The lowest BCUT2D eigenvalue weighted by atomic mass is 10.1. The molecule has 0 spiro atoms. The standard InChI is InChI=1S/C13H16N4O2/c1-19-13(18)9-2-3-11-12(8-9)17(16-15-11)10-4-6-14-7-5-10/h2-3,8,10,14H,4-7H2,1H3. The molecule has 6 nitrogen and oxygen atoms in total. The molecule has 0 unspecified atom stereocenters. The summed E-state index contributed by atoms with van der Waals surface area (Å²) in [5.41, 5.74) is 2.24. The molecule has 2 aromatic rings. The van der Waals surface area contributed by atoms with E-state index in [2.05, 4.69) is 15.6 Å². The summed E-state index contributed by atoms with van der Waals surface area (Å²) < 4.78 is 6.68. The molecule has 1 aliphatic rings. The molecule has 3 rings (SSSR count). The van der Waals surface area contributed by atoms with Crippen molar-refractivity contribution in [3.8, 4) is 0 Å². The minimum Gasteiger partial charge on any atom is -0.465 e. The van der Waals surface area contributed by atoms with Crippen LogP contribution in [0.4, 0.5) is 0 Å². The summed E-state index contributed by atoms with van der Waals surface area (Å²) in [4.78, 5) is 11.6. The Morgan fingerprint density at radius 1 is 1.42 bits per heavy atom. The van der Waals surface area contributed by atoms with Crippen LogP contribution >= 0.6 is 0 Å². The Labute approximate surface area is 110 Å². The Balaban J connectivity index is 2.02. The highest BCUT2D eigenvalue weighted by Gasteiger charge is 2.19. The number of piperidine rings is 1. The zero-order valence-electron chi connectivity index (χ0n) is 10.8. The zero-order valence-corrected chi connectivity index (χ0v) is 10.8. The van der Waals surface area contributed by atoms with Gasteiger partial charge in [-0.15, -0.1) is 5.10 Å². The van der Waals surface area contributed by atoms with Gasteiger partial charge in [-0.1, -0.05) is 5.21 Å². The van der Waals surface area contributed by atoms with Gasteiger partial charge in [0.1, 0.15) is 5.52 Å². The number of carbonyl (C=O) groups excluding carboxylic acids is 1. The molecular formula is C13H16N4O2. The summed E-state index contributed by atoms with van der Waals surface area (Å²) in [6.07, 6.45) is 2.06. The third kappa shape index (κ3) is 2.19. The van der Waals surface area contributed by atoms with E-state index in [1.165, 1.54) is 7.11 Å². The minimum atomic E-state index is -0.333. The number of ether oxygens (including phenoxy) is 1. The van der Waals surface area contributed by atoms with Gasteiger partial charge in [-0.3, -0.25) is 0 Å². The smallest absolute Gasteiger partial charge is 0.337 e. The molecule has 0 aliphatic carbocycles. The van der Waals surface area contributed by atoms with E-state index in [0.29, 0.717) is 11.6 Å². The molecule has 1 aliphatic heterocycles. The van der Waals surface area contributed by atoms with Crippen LogP contribution in [0.2, 0.25) is 0 Å². The monoisotopic (exact) mass is 260 g/mol. The third-order valence-electron chi connectivity index (χ3n) is 3.55. The predicted molar refractivity (Wildman–Crippen MR) is 70.0 cm³/mol. The number of methoxy groups -OCH3 is 1. The molecule has 1 aromatic carbocycles. The number of hydrogen-bond donors (Lipinski definition) is 1. The van der Waals surface area contributed by atoms with Crippen molar-refractivity contribution in [2.75, 3.05) is 20.2 Å². The average Bonchev–Trinajstić information content (AvgIpc) is 2.90. The molecule has 2 heterocycles. The summed E-state index contributed by atoms with van der Waals surface area (Å²) in [7, 11) is 1.38. The summed E-state index contributed by atoms with van der Waals surface area (Å²) >= 11 is 0. The van der Waals surface area contributed by atoms with Gasteiger partial charge in [0.25, 0.3) is 0 Å². The molecule has 0 radical (unpaired) electrons. The van der Waals surface area contributed by atoms with Gasteiger partial charge in [-0.2, -0.15) is 0 Å². The zero-order chi connectivity index (χ0) is 13.2. The highest BCUT2D eigenvalue weighted by Crippen LogP contribution is 2.23. The number of carbonyl (C=O) groups is 1. The van der Waals surface area contributed by atoms with Gasteiger partial charge in [0.15, 0.2) is 0 Å².